The zero-order chi connectivity index (χ0) is 29.9. The van der Waals surface area contributed by atoms with E-state index in [9.17, 15) is 0 Å². The molecule has 0 amide bonds. The standard InChI is InChI=1S/C19H18N3.C18H16N3.Ir/c1-19(2,3)12-17-20-14-9-5-4-8-13(14)18-21-15-10-6-7-11-16(15)22(17)18;1-18(2,3)17-20-13-9-5-4-8-12(13)16-19-14-10-6-7-11-15(14)21(16)17;/h4-7,9-11H,12H2,1-3H3;4-7,9-11H,1-3H3;/q2*-1;. The van der Waals surface area contributed by atoms with Gasteiger partial charge in [0.25, 0.3) is 0 Å². The maximum atomic E-state index is 4.90. The summed E-state index contributed by atoms with van der Waals surface area (Å²) in [4.78, 5) is 19.4. The molecule has 0 aliphatic rings. The predicted molar refractivity (Wildman–Crippen MR) is 176 cm³/mol. The molecular formula is C37H34IrN6-2. The smallest absolute Gasteiger partial charge is 0.102 e. The van der Waals surface area contributed by atoms with Crippen molar-refractivity contribution in [3.05, 3.63) is 109 Å². The van der Waals surface area contributed by atoms with Crippen molar-refractivity contribution in [2.45, 2.75) is 53.4 Å². The average Bonchev–Trinajstić information content (AvgIpc) is 3.56. The second kappa shape index (κ2) is 11.1. The largest absolute Gasteiger partial charge is 0.322 e. The first-order chi connectivity index (χ1) is 20.6. The third kappa shape index (κ3) is 5.25. The third-order valence-corrected chi connectivity index (χ3v) is 7.54. The van der Waals surface area contributed by atoms with Crippen molar-refractivity contribution in [3.63, 3.8) is 0 Å². The molecular weight excluding hydrogens is 721 g/mol. The van der Waals surface area contributed by atoms with Crippen molar-refractivity contribution >= 4 is 55.2 Å². The van der Waals surface area contributed by atoms with Gasteiger partial charge in [-0.15, -0.1) is 48.5 Å². The van der Waals surface area contributed by atoms with Gasteiger partial charge in [-0.2, -0.15) is 0 Å². The third-order valence-electron chi connectivity index (χ3n) is 7.54. The molecule has 0 N–H and O–H groups in total. The molecule has 0 unspecified atom stereocenters. The quantitative estimate of drug-likeness (QED) is 0.158. The number of nitrogens with zero attached hydrogens (tertiary/aromatic N) is 6. The van der Waals surface area contributed by atoms with E-state index in [1.807, 2.05) is 60.7 Å². The first-order valence-corrected chi connectivity index (χ1v) is 14.7. The Labute approximate surface area is 270 Å². The fourth-order valence-corrected chi connectivity index (χ4v) is 5.71. The van der Waals surface area contributed by atoms with Crippen LogP contribution >= 0.6 is 0 Å². The molecule has 223 valence electrons. The minimum Gasteiger partial charge on any atom is -0.322 e. The Bertz CT molecular complexity index is 2300. The van der Waals surface area contributed by atoms with E-state index >= 15 is 0 Å². The van der Waals surface area contributed by atoms with Crippen molar-refractivity contribution in [1.29, 1.82) is 0 Å². The molecule has 6 nitrogen and oxygen atoms in total. The van der Waals surface area contributed by atoms with E-state index in [1.165, 1.54) is 0 Å². The van der Waals surface area contributed by atoms with Crippen LogP contribution in [-0.4, -0.2) is 28.7 Å². The van der Waals surface area contributed by atoms with Gasteiger partial charge >= 0.3 is 0 Å². The predicted octanol–water partition coefficient (Wildman–Crippen LogP) is 8.56. The van der Waals surface area contributed by atoms with Gasteiger partial charge < -0.3 is 8.80 Å². The van der Waals surface area contributed by atoms with Crippen LogP contribution in [0.15, 0.2) is 84.9 Å². The van der Waals surface area contributed by atoms with Gasteiger partial charge in [-0.25, -0.2) is 0 Å². The summed E-state index contributed by atoms with van der Waals surface area (Å²) < 4.78 is 4.37. The minimum absolute atomic E-state index is 0. The monoisotopic (exact) mass is 755 g/mol. The molecule has 8 rings (SSSR count). The zero-order valence-electron chi connectivity index (χ0n) is 25.8. The molecule has 8 aromatic rings. The van der Waals surface area contributed by atoms with E-state index in [1.54, 1.807) is 0 Å². The van der Waals surface area contributed by atoms with Gasteiger partial charge in [-0.05, 0) is 40.7 Å². The molecule has 4 heterocycles. The van der Waals surface area contributed by atoms with Gasteiger partial charge in [-0.1, -0.05) is 76.6 Å². The second-order valence-electron chi connectivity index (χ2n) is 13.3. The Balaban J connectivity index is 0.000000153. The Morgan fingerprint density at radius 3 is 1.59 bits per heavy atom. The van der Waals surface area contributed by atoms with E-state index in [-0.39, 0.29) is 30.9 Å². The number of rotatable bonds is 1. The Morgan fingerprint density at radius 2 is 1.05 bits per heavy atom. The van der Waals surface area contributed by atoms with Crippen LogP contribution in [0.25, 0.3) is 55.2 Å². The normalized spacial score (nSPS) is 12.2. The molecule has 0 bridgehead atoms. The van der Waals surface area contributed by atoms with Crippen LogP contribution in [0.5, 0.6) is 0 Å². The number of benzene rings is 4. The molecule has 0 fully saturated rings. The zero-order valence-corrected chi connectivity index (χ0v) is 28.2. The molecule has 4 aromatic heterocycles. The summed E-state index contributed by atoms with van der Waals surface area (Å²) in [5.74, 6) is 2.08. The van der Waals surface area contributed by atoms with E-state index < -0.39 is 0 Å². The van der Waals surface area contributed by atoms with Crippen LogP contribution in [0.2, 0.25) is 0 Å². The molecule has 7 heteroatoms. The number of fused-ring (bicyclic) bond motifs is 10. The van der Waals surface area contributed by atoms with Gasteiger partial charge in [-0.3, -0.25) is 19.9 Å². The van der Waals surface area contributed by atoms with E-state index in [0.29, 0.717) is 0 Å². The molecule has 0 aliphatic heterocycles. The average molecular weight is 755 g/mol. The molecule has 0 saturated heterocycles. The summed E-state index contributed by atoms with van der Waals surface area (Å²) in [5.41, 5.74) is 8.11. The Morgan fingerprint density at radius 1 is 0.568 bits per heavy atom. The van der Waals surface area contributed by atoms with Gasteiger partial charge in [0.15, 0.2) is 0 Å². The topological polar surface area (TPSA) is 60.4 Å². The van der Waals surface area contributed by atoms with Crippen LogP contribution in [0.1, 0.15) is 53.2 Å². The van der Waals surface area contributed by atoms with Crippen molar-refractivity contribution in [1.82, 2.24) is 28.7 Å². The van der Waals surface area contributed by atoms with Crippen LogP contribution < -0.4 is 0 Å². The number of imidazole rings is 2. The van der Waals surface area contributed by atoms with E-state index in [4.69, 9.17) is 19.9 Å². The Hall–Kier alpha value is -4.19. The van der Waals surface area contributed by atoms with Crippen LogP contribution in [-0.2, 0) is 31.9 Å². The maximum absolute atomic E-state index is 4.90. The second-order valence-corrected chi connectivity index (χ2v) is 13.3. The minimum atomic E-state index is -0.0637. The van der Waals surface area contributed by atoms with Crippen LogP contribution in [0, 0.1) is 17.5 Å². The van der Waals surface area contributed by atoms with Gasteiger partial charge in [0, 0.05) is 31.9 Å². The summed E-state index contributed by atoms with van der Waals surface area (Å²) >= 11 is 0. The first kappa shape index (κ1) is 29.9. The molecule has 4 aromatic carbocycles. The molecule has 0 spiro atoms. The number of hydrogen-bond acceptors (Lipinski definition) is 4. The van der Waals surface area contributed by atoms with Gasteiger partial charge in [0.05, 0.1) is 39.2 Å². The maximum Gasteiger partial charge on any atom is 0.102 e. The summed E-state index contributed by atoms with van der Waals surface area (Å²) in [5, 5.41) is 1.96. The van der Waals surface area contributed by atoms with Crippen LogP contribution in [0.4, 0.5) is 0 Å². The summed E-state index contributed by atoms with van der Waals surface area (Å²) in [6.07, 6.45) is 0.898. The molecule has 0 aliphatic carbocycles. The van der Waals surface area contributed by atoms with E-state index in [0.717, 1.165) is 73.2 Å². The van der Waals surface area contributed by atoms with Crippen molar-refractivity contribution in [2.75, 3.05) is 0 Å². The number of aromatic nitrogens is 6. The van der Waals surface area contributed by atoms with Gasteiger partial charge in [0.2, 0.25) is 0 Å². The van der Waals surface area contributed by atoms with Gasteiger partial charge in [0.1, 0.15) is 5.82 Å². The summed E-state index contributed by atoms with van der Waals surface area (Å²) in [6, 6.07) is 34.9. The first-order valence-electron chi connectivity index (χ1n) is 14.7. The molecule has 1 radical (unpaired) electrons. The van der Waals surface area contributed by atoms with Crippen LogP contribution in [0.3, 0.4) is 0 Å². The van der Waals surface area contributed by atoms with Crippen molar-refractivity contribution < 1.29 is 20.1 Å². The molecule has 44 heavy (non-hydrogen) atoms. The summed E-state index contributed by atoms with van der Waals surface area (Å²) in [7, 11) is 0. The van der Waals surface area contributed by atoms with Crippen molar-refractivity contribution in [2.24, 2.45) is 5.41 Å². The number of para-hydroxylation sites is 4. The SMILES string of the molecule is CC(C)(C)Cc1nc2ccc[c-]c2c2nc3ccccc3n12.CC(C)(C)c1nc2ccc[c-]c2c2nc3ccccc3n12.[Ir]. The molecule has 0 saturated carbocycles. The molecule has 0 atom stereocenters. The Kier molecular flexibility index (Phi) is 7.51. The number of hydrogen-bond donors (Lipinski definition) is 0. The van der Waals surface area contributed by atoms with Crippen molar-refractivity contribution in [3.8, 4) is 0 Å². The van der Waals surface area contributed by atoms with E-state index in [2.05, 4.69) is 86.7 Å². The fraction of sp³-hybridized carbons (Fsp3) is 0.243. The summed E-state index contributed by atoms with van der Waals surface area (Å²) in [6.45, 7) is 13.3. The fourth-order valence-electron chi connectivity index (χ4n) is 5.71.